The number of rotatable bonds is 11. The summed E-state index contributed by atoms with van der Waals surface area (Å²) in [5, 5.41) is 6.65. The van der Waals surface area contributed by atoms with Crippen molar-refractivity contribution in [3.8, 4) is 0 Å². The summed E-state index contributed by atoms with van der Waals surface area (Å²) >= 11 is 0. The molecule has 1 aromatic heterocycles. The molecule has 2 aromatic rings. The van der Waals surface area contributed by atoms with Crippen molar-refractivity contribution < 1.29 is 9.15 Å². The molecule has 0 bridgehead atoms. The van der Waals surface area contributed by atoms with Gasteiger partial charge in [-0.1, -0.05) is 30.3 Å². The van der Waals surface area contributed by atoms with Crippen LogP contribution < -0.4 is 10.6 Å². The molecule has 6 heteroatoms. The molecule has 164 valence electrons. The molecule has 0 amide bonds. The first-order valence-corrected chi connectivity index (χ1v) is 11.3. The van der Waals surface area contributed by atoms with E-state index in [9.17, 15) is 0 Å². The fraction of sp³-hybridized carbons (Fsp3) is 0.542. The molecule has 0 aliphatic carbocycles. The Morgan fingerprint density at radius 3 is 2.70 bits per heavy atom. The van der Waals surface area contributed by atoms with Crippen molar-refractivity contribution in [1.82, 2.24) is 15.5 Å². The lowest BCUT2D eigenvalue weighted by Gasteiger charge is -2.31. The van der Waals surface area contributed by atoms with Gasteiger partial charge in [0.25, 0.3) is 0 Å². The van der Waals surface area contributed by atoms with Crippen LogP contribution in [0.2, 0.25) is 0 Å². The van der Waals surface area contributed by atoms with Crippen LogP contribution >= 0.6 is 0 Å². The Bertz CT molecular complexity index is 710. The van der Waals surface area contributed by atoms with Gasteiger partial charge >= 0.3 is 0 Å². The highest BCUT2D eigenvalue weighted by Gasteiger charge is 2.19. The minimum Gasteiger partial charge on any atom is -0.469 e. The molecule has 0 unspecified atom stereocenters. The average Bonchev–Trinajstić information content (AvgIpc) is 3.29. The molecule has 2 N–H and O–H groups in total. The summed E-state index contributed by atoms with van der Waals surface area (Å²) in [5.41, 5.74) is 1.39. The average molecular weight is 413 g/mol. The summed E-state index contributed by atoms with van der Waals surface area (Å²) in [6.45, 7) is 8.55. The summed E-state index contributed by atoms with van der Waals surface area (Å²) in [5.74, 6) is 1.85. The molecule has 0 saturated carbocycles. The van der Waals surface area contributed by atoms with Gasteiger partial charge in [-0.3, -0.25) is 9.89 Å². The van der Waals surface area contributed by atoms with Gasteiger partial charge in [-0.25, -0.2) is 0 Å². The van der Waals surface area contributed by atoms with Crippen molar-refractivity contribution in [2.24, 2.45) is 4.99 Å². The number of nitrogens with zero attached hydrogens (tertiary/aromatic N) is 2. The van der Waals surface area contributed by atoms with E-state index in [1.807, 2.05) is 12.1 Å². The SMILES string of the molecule is CCNC(=NCCCOC1CCN(Cc2ccccc2)CC1)NCCc1ccco1. The second kappa shape index (κ2) is 13.1. The van der Waals surface area contributed by atoms with Crippen LogP contribution in [0.1, 0.15) is 37.5 Å². The van der Waals surface area contributed by atoms with E-state index in [2.05, 4.69) is 57.8 Å². The van der Waals surface area contributed by atoms with E-state index in [-0.39, 0.29) is 0 Å². The lowest BCUT2D eigenvalue weighted by molar-refractivity contribution is 0.00566. The Hall–Kier alpha value is -2.31. The third kappa shape index (κ3) is 8.20. The molecule has 0 radical (unpaired) electrons. The molecular formula is C24H36N4O2. The maximum atomic E-state index is 6.10. The van der Waals surface area contributed by atoms with E-state index in [4.69, 9.17) is 9.15 Å². The van der Waals surface area contributed by atoms with E-state index in [0.29, 0.717) is 6.10 Å². The first-order valence-electron chi connectivity index (χ1n) is 11.3. The van der Waals surface area contributed by atoms with Crippen LogP contribution in [0, 0.1) is 0 Å². The monoisotopic (exact) mass is 412 g/mol. The lowest BCUT2D eigenvalue weighted by atomic mass is 10.1. The summed E-state index contributed by atoms with van der Waals surface area (Å²) in [4.78, 5) is 7.17. The fourth-order valence-corrected chi connectivity index (χ4v) is 3.68. The van der Waals surface area contributed by atoms with Crippen LogP contribution in [0.5, 0.6) is 0 Å². The molecule has 6 nitrogen and oxygen atoms in total. The minimum atomic E-state index is 0.390. The smallest absolute Gasteiger partial charge is 0.191 e. The number of guanidine groups is 1. The zero-order chi connectivity index (χ0) is 20.9. The number of nitrogens with one attached hydrogen (secondary N) is 2. The van der Waals surface area contributed by atoms with Crippen molar-refractivity contribution in [3.05, 3.63) is 60.1 Å². The van der Waals surface area contributed by atoms with Gasteiger partial charge < -0.3 is 19.8 Å². The minimum absolute atomic E-state index is 0.390. The van der Waals surface area contributed by atoms with Crippen LogP contribution in [0.15, 0.2) is 58.1 Å². The Morgan fingerprint density at radius 2 is 1.97 bits per heavy atom. The normalized spacial score (nSPS) is 16.0. The lowest BCUT2D eigenvalue weighted by Crippen LogP contribution is -2.38. The topological polar surface area (TPSA) is 62.0 Å². The summed E-state index contributed by atoms with van der Waals surface area (Å²) in [7, 11) is 0. The Kier molecular flexibility index (Phi) is 9.76. The van der Waals surface area contributed by atoms with E-state index >= 15 is 0 Å². The van der Waals surface area contributed by atoms with Gasteiger partial charge in [0.15, 0.2) is 5.96 Å². The van der Waals surface area contributed by atoms with E-state index in [1.165, 1.54) is 5.56 Å². The Balaban J connectivity index is 1.26. The number of aliphatic imine (C=N–C) groups is 1. The zero-order valence-corrected chi connectivity index (χ0v) is 18.2. The van der Waals surface area contributed by atoms with Crippen molar-refractivity contribution >= 4 is 5.96 Å². The highest BCUT2D eigenvalue weighted by Crippen LogP contribution is 2.16. The van der Waals surface area contributed by atoms with Gasteiger partial charge in [0.1, 0.15) is 5.76 Å². The number of furan rings is 1. The predicted octanol–water partition coefficient (Wildman–Crippen LogP) is 3.45. The second-order valence-corrected chi connectivity index (χ2v) is 7.70. The highest BCUT2D eigenvalue weighted by atomic mass is 16.5. The first-order chi connectivity index (χ1) is 14.8. The molecule has 1 fully saturated rings. The zero-order valence-electron chi connectivity index (χ0n) is 18.2. The quantitative estimate of drug-likeness (QED) is 0.336. The van der Waals surface area contributed by atoms with Gasteiger partial charge in [0.2, 0.25) is 0 Å². The van der Waals surface area contributed by atoms with Gasteiger partial charge in [-0.2, -0.15) is 0 Å². The second-order valence-electron chi connectivity index (χ2n) is 7.70. The predicted molar refractivity (Wildman–Crippen MR) is 122 cm³/mol. The molecule has 30 heavy (non-hydrogen) atoms. The maximum absolute atomic E-state index is 6.10. The van der Waals surface area contributed by atoms with Crippen LogP contribution in [0.25, 0.3) is 0 Å². The number of benzene rings is 1. The maximum Gasteiger partial charge on any atom is 0.191 e. The van der Waals surface area contributed by atoms with E-state index in [0.717, 1.165) is 83.3 Å². The van der Waals surface area contributed by atoms with Gasteiger partial charge in [-0.15, -0.1) is 0 Å². The largest absolute Gasteiger partial charge is 0.469 e. The number of likely N-dealkylation sites (tertiary alicyclic amines) is 1. The molecule has 2 heterocycles. The van der Waals surface area contributed by atoms with Crippen molar-refractivity contribution in [2.75, 3.05) is 39.3 Å². The van der Waals surface area contributed by atoms with Crippen LogP contribution in [0.3, 0.4) is 0 Å². The van der Waals surface area contributed by atoms with Gasteiger partial charge in [-0.05, 0) is 43.9 Å². The molecule has 0 atom stereocenters. The molecule has 1 saturated heterocycles. The molecule has 1 aromatic carbocycles. The molecule has 1 aliphatic heterocycles. The van der Waals surface area contributed by atoms with Crippen LogP contribution in [-0.4, -0.2) is 56.3 Å². The summed E-state index contributed by atoms with van der Waals surface area (Å²) < 4.78 is 11.5. The third-order valence-electron chi connectivity index (χ3n) is 5.30. The van der Waals surface area contributed by atoms with Gasteiger partial charge in [0.05, 0.1) is 12.4 Å². The third-order valence-corrected chi connectivity index (χ3v) is 5.30. The van der Waals surface area contributed by atoms with Crippen LogP contribution in [-0.2, 0) is 17.7 Å². The standard InChI is InChI=1S/C24H36N4O2/c1-2-25-24(27-15-11-22-10-6-18-29-22)26-14-7-19-30-23-12-16-28(17-13-23)20-21-8-4-3-5-9-21/h3-6,8-10,18,23H,2,7,11-17,19-20H2,1H3,(H2,25,26,27). The molecule has 3 rings (SSSR count). The highest BCUT2D eigenvalue weighted by molar-refractivity contribution is 5.79. The number of ether oxygens (including phenoxy) is 1. The van der Waals surface area contributed by atoms with E-state index in [1.54, 1.807) is 6.26 Å². The number of piperidine rings is 1. The summed E-state index contributed by atoms with van der Waals surface area (Å²) in [6, 6.07) is 14.6. The molecule has 1 aliphatic rings. The fourth-order valence-electron chi connectivity index (χ4n) is 3.68. The molecular weight excluding hydrogens is 376 g/mol. The summed E-state index contributed by atoms with van der Waals surface area (Å²) in [6.07, 6.45) is 6.13. The number of hydrogen-bond donors (Lipinski definition) is 2. The Labute approximate surface area is 180 Å². The van der Waals surface area contributed by atoms with Crippen LogP contribution in [0.4, 0.5) is 0 Å². The van der Waals surface area contributed by atoms with Crippen molar-refractivity contribution in [3.63, 3.8) is 0 Å². The first kappa shape index (κ1) is 22.4. The number of hydrogen-bond acceptors (Lipinski definition) is 4. The van der Waals surface area contributed by atoms with Gasteiger partial charge in [0, 0.05) is 52.3 Å². The van der Waals surface area contributed by atoms with E-state index < -0.39 is 0 Å². The van der Waals surface area contributed by atoms with Crippen molar-refractivity contribution in [1.29, 1.82) is 0 Å². The molecule has 0 spiro atoms. The Morgan fingerprint density at radius 1 is 1.13 bits per heavy atom. The van der Waals surface area contributed by atoms with Crippen molar-refractivity contribution in [2.45, 2.75) is 45.3 Å².